The van der Waals surface area contributed by atoms with E-state index in [4.69, 9.17) is 0 Å². The van der Waals surface area contributed by atoms with E-state index in [1.807, 2.05) is 20.8 Å². The van der Waals surface area contributed by atoms with Crippen molar-refractivity contribution in [3.63, 3.8) is 0 Å². The minimum Gasteiger partial charge on any atom is -0.466 e. The minimum atomic E-state index is -0.604. The number of rotatable bonds is 3. The lowest BCUT2D eigenvalue weighted by Crippen LogP contribution is -2.38. The Hall–Kier alpha value is -1.52. The molecule has 0 aromatic heterocycles. The molecule has 0 rings (SSSR count). The average molecular weight is 215 g/mol. The number of methoxy groups -OCH3 is 2. The average Bonchev–Trinajstić information content (AvgIpc) is 2.13. The van der Waals surface area contributed by atoms with Crippen molar-refractivity contribution < 1.29 is 19.1 Å². The first-order valence-corrected chi connectivity index (χ1v) is 4.46. The van der Waals surface area contributed by atoms with Gasteiger partial charge >= 0.3 is 11.9 Å². The van der Waals surface area contributed by atoms with Crippen LogP contribution in [0.1, 0.15) is 20.8 Å². The monoisotopic (exact) mass is 215 g/mol. The van der Waals surface area contributed by atoms with Gasteiger partial charge < -0.3 is 14.8 Å². The lowest BCUT2D eigenvalue weighted by molar-refractivity contribution is -0.139. The molecule has 0 aliphatic rings. The fourth-order valence-electron chi connectivity index (χ4n) is 0.837. The predicted octanol–water partition coefficient (Wildman–Crippen LogP) is 0.604. The summed E-state index contributed by atoms with van der Waals surface area (Å²) in [7, 11) is 2.49. The molecule has 0 atom stereocenters. The first kappa shape index (κ1) is 13.5. The van der Waals surface area contributed by atoms with Gasteiger partial charge in [0.15, 0.2) is 0 Å². The highest BCUT2D eigenvalue weighted by Gasteiger charge is 2.18. The van der Waals surface area contributed by atoms with Gasteiger partial charge in [-0.3, -0.25) is 0 Å². The first-order chi connectivity index (χ1) is 6.80. The third-order valence-electron chi connectivity index (χ3n) is 1.38. The smallest absolute Gasteiger partial charge is 0.354 e. The normalized spacial score (nSPS) is 11.9. The summed E-state index contributed by atoms with van der Waals surface area (Å²) in [6.45, 7) is 5.59. The summed E-state index contributed by atoms with van der Waals surface area (Å²) in [5.74, 6) is -1.21. The summed E-state index contributed by atoms with van der Waals surface area (Å²) < 4.78 is 8.95. The van der Waals surface area contributed by atoms with Crippen LogP contribution in [0.25, 0.3) is 0 Å². The molecule has 0 amide bonds. The van der Waals surface area contributed by atoms with Gasteiger partial charge in [0.25, 0.3) is 0 Å². The van der Waals surface area contributed by atoms with Crippen molar-refractivity contribution in [3.05, 3.63) is 11.8 Å². The molecule has 0 radical (unpaired) electrons. The van der Waals surface area contributed by atoms with Crippen molar-refractivity contribution >= 4 is 11.9 Å². The number of carbonyl (C=O) groups is 2. The zero-order chi connectivity index (χ0) is 12.1. The summed E-state index contributed by atoms with van der Waals surface area (Å²) in [5, 5.41) is 2.86. The third kappa shape index (κ3) is 5.72. The van der Waals surface area contributed by atoms with E-state index in [1.54, 1.807) is 0 Å². The Bertz CT molecular complexity index is 276. The van der Waals surface area contributed by atoms with Crippen molar-refractivity contribution in [1.82, 2.24) is 5.32 Å². The summed E-state index contributed by atoms with van der Waals surface area (Å²) in [6.07, 6.45) is 1.07. The van der Waals surface area contributed by atoms with Crippen LogP contribution in [-0.2, 0) is 19.1 Å². The SMILES string of the molecule is COC(=O)/C=C(/NC(C)(C)C)C(=O)OC. The Morgan fingerprint density at radius 2 is 1.67 bits per heavy atom. The van der Waals surface area contributed by atoms with Gasteiger partial charge in [0.05, 0.1) is 20.3 Å². The molecule has 0 fully saturated rings. The molecule has 86 valence electrons. The molecular weight excluding hydrogens is 198 g/mol. The zero-order valence-electron chi connectivity index (χ0n) is 9.71. The second-order valence-corrected chi connectivity index (χ2v) is 3.95. The van der Waals surface area contributed by atoms with E-state index in [1.165, 1.54) is 14.2 Å². The molecule has 0 aromatic carbocycles. The van der Waals surface area contributed by atoms with Gasteiger partial charge in [-0.25, -0.2) is 9.59 Å². The second kappa shape index (κ2) is 5.38. The van der Waals surface area contributed by atoms with E-state index < -0.39 is 11.9 Å². The predicted molar refractivity (Wildman–Crippen MR) is 55.0 cm³/mol. The van der Waals surface area contributed by atoms with Crippen molar-refractivity contribution in [2.45, 2.75) is 26.3 Å². The fraction of sp³-hybridized carbons (Fsp3) is 0.600. The van der Waals surface area contributed by atoms with Gasteiger partial charge in [-0.2, -0.15) is 0 Å². The van der Waals surface area contributed by atoms with Gasteiger partial charge in [-0.15, -0.1) is 0 Å². The summed E-state index contributed by atoms with van der Waals surface area (Å²) in [6, 6.07) is 0. The molecule has 0 aliphatic carbocycles. The lowest BCUT2D eigenvalue weighted by Gasteiger charge is -2.22. The Kier molecular flexibility index (Phi) is 4.84. The maximum atomic E-state index is 11.3. The number of hydrogen-bond acceptors (Lipinski definition) is 5. The van der Waals surface area contributed by atoms with Crippen molar-refractivity contribution in [2.75, 3.05) is 14.2 Å². The van der Waals surface area contributed by atoms with Crippen LogP contribution in [0.5, 0.6) is 0 Å². The van der Waals surface area contributed by atoms with Gasteiger partial charge in [0.1, 0.15) is 5.70 Å². The van der Waals surface area contributed by atoms with E-state index >= 15 is 0 Å². The minimum absolute atomic E-state index is 0.0804. The van der Waals surface area contributed by atoms with Gasteiger partial charge in [0, 0.05) is 5.54 Å². The highest BCUT2D eigenvalue weighted by molar-refractivity contribution is 5.95. The van der Waals surface area contributed by atoms with Crippen LogP contribution in [0.2, 0.25) is 0 Å². The highest BCUT2D eigenvalue weighted by atomic mass is 16.5. The maximum absolute atomic E-state index is 11.3. The van der Waals surface area contributed by atoms with Crippen LogP contribution < -0.4 is 5.32 Å². The number of carbonyl (C=O) groups excluding carboxylic acids is 2. The van der Waals surface area contributed by atoms with Crippen LogP contribution in [0, 0.1) is 0 Å². The molecule has 15 heavy (non-hydrogen) atoms. The molecule has 5 nitrogen and oxygen atoms in total. The highest BCUT2D eigenvalue weighted by Crippen LogP contribution is 2.05. The molecule has 0 spiro atoms. The fourth-order valence-corrected chi connectivity index (χ4v) is 0.837. The van der Waals surface area contributed by atoms with Gasteiger partial charge in [-0.1, -0.05) is 0 Å². The van der Waals surface area contributed by atoms with Crippen LogP contribution >= 0.6 is 0 Å². The first-order valence-electron chi connectivity index (χ1n) is 4.46. The zero-order valence-corrected chi connectivity index (χ0v) is 9.71. The Morgan fingerprint density at radius 3 is 2.00 bits per heavy atom. The van der Waals surface area contributed by atoms with E-state index in [9.17, 15) is 9.59 Å². The number of nitrogens with one attached hydrogen (secondary N) is 1. The summed E-state index contributed by atoms with van der Waals surface area (Å²) in [4.78, 5) is 22.3. The topological polar surface area (TPSA) is 64.6 Å². The molecule has 0 aromatic rings. The molecule has 5 heteroatoms. The molecular formula is C10H17NO4. The maximum Gasteiger partial charge on any atom is 0.354 e. The Balaban J connectivity index is 4.82. The standard InChI is InChI=1S/C10H17NO4/c1-10(2,3)11-7(9(13)15-5)6-8(12)14-4/h6,11H,1-5H3/b7-6+. The Morgan fingerprint density at radius 1 is 1.13 bits per heavy atom. The molecule has 0 saturated carbocycles. The van der Waals surface area contributed by atoms with Crippen molar-refractivity contribution in [3.8, 4) is 0 Å². The lowest BCUT2D eigenvalue weighted by atomic mass is 10.1. The second-order valence-electron chi connectivity index (χ2n) is 3.95. The van der Waals surface area contributed by atoms with E-state index in [-0.39, 0.29) is 11.2 Å². The summed E-state index contributed by atoms with van der Waals surface area (Å²) in [5.41, 5.74) is -0.259. The largest absolute Gasteiger partial charge is 0.466 e. The van der Waals surface area contributed by atoms with Crippen LogP contribution in [0.3, 0.4) is 0 Å². The third-order valence-corrected chi connectivity index (χ3v) is 1.38. The van der Waals surface area contributed by atoms with Crippen LogP contribution in [0.15, 0.2) is 11.8 Å². The van der Waals surface area contributed by atoms with Crippen LogP contribution in [-0.4, -0.2) is 31.7 Å². The quantitative estimate of drug-likeness (QED) is 0.552. The number of esters is 2. The van der Waals surface area contributed by atoms with Gasteiger partial charge in [0.2, 0.25) is 0 Å². The van der Waals surface area contributed by atoms with E-state index in [0.717, 1.165) is 6.08 Å². The van der Waals surface area contributed by atoms with E-state index in [0.29, 0.717) is 0 Å². The van der Waals surface area contributed by atoms with Crippen molar-refractivity contribution in [2.24, 2.45) is 0 Å². The molecule has 0 saturated heterocycles. The van der Waals surface area contributed by atoms with Crippen molar-refractivity contribution in [1.29, 1.82) is 0 Å². The Labute approximate surface area is 89.4 Å². The number of ether oxygens (including phenoxy) is 2. The van der Waals surface area contributed by atoms with Gasteiger partial charge in [-0.05, 0) is 20.8 Å². The van der Waals surface area contributed by atoms with E-state index in [2.05, 4.69) is 14.8 Å². The molecule has 1 N–H and O–H groups in total. The number of hydrogen-bond donors (Lipinski definition) is 1. The molecule has 0 bridgehead atoms. The summed E-state index contributed by atoms with van der Waals surface area (Å²) >= 11 is 0. The molecule has 0 aliphatic heterocycles. The molecule has 0 unspecified atom stereocenters. The van der Waals surface area contributed by atoms with Crippen LogP contribution in [0.4, 0.5) is 0 Å². The molecule has 0 heterocycles.